The van der Waals surface area contributed by atoms with Crippen molar-refractivity contribution in [2.45, 2.75) is 13.0 Å². The molecule has 0 unspecified atom stereocenters. The van der Waals surface area contributed by atoms with Crippen molar-refractivity contribution in [2.24, 2.45) is 0 Å². The minimum absolute atomic E-state index is 0.129. The number of aromatic amines is 1. The lowest BCUT2D eigenvalue weighted by atomic mass is 10.0. The van der Waals surface area contributed by atoms with E-state index in [1.54, 1.807) is 7.11 Å². The standard InChI is InChI=1S/C21H23N3O5/c1-26-7-8-28-17-10-14-9-15(11-17)20-18-12-16(3-4-19(18)23-24-20)27-6-2-5-22-21(25)29-13-14/h3-4,9-12H,2,5-8,13H2,1H3,(H,22,25)(H,23,24). The van der Waals surface area contributed by atoms with E-state index in [0.717, 1.165) is 33.5 Å². The van der Waals surface area contributed by atoms with Crippen molar-refractivity contribution < 1.29 is 23.7 Å². The van der Waals surface area contributed by atoms with Gasteiger partial charge in [0.2, 0.25) is 0 Å². The number of nitrogens with zero attached hydrogens (tertiary/aromatic N) is 1. The lowest BCUT2D eigenvalue weighted by Gasteiger charge is -2.11. The second kappa shape index (κ2) is 8.83. The number of hydrogen-bond acceptors (Lipinski definition) is 6. The van der Waals surface area contributed by atoms with Crippen LogP contribution >= 0.6 is 0 Å². The molecule has 0 saturated carbocycles. The summed E-state index contributed by atoms with van der Waals surface area (Å²) < 4.78 is 22.0. The van der Waals surface area contributed by atoms with E-state index in [1.807, 2.05) is 36.4 Å². The average molecular weight is 397 g/mol. The van der Waals surface area contributed by atoms with E-state index in [-0.39, 0.29) is 6.61 Å². The summed E-state index contributed by atoms with van der Waals surface area (Å²) >= 11 is 0. The van der Waals surface area contributed by atoms with Crippen molar-refractivity contribution in [3.8, 4) is 22.8 Å². The van der Waals surface area contributed by atoms with Gasteiger partial charge in [-0.3, -0.25) is 5.10 Å². The van der Waals surface area contributed by atoms with Crippen molar-refractivity contribution in [1.29, 1.82) is 0 Å². The molecule has 0 fully saturated rings. The van der Waals surface area contributed by atoms with E-state index in [0.29, 0.717) is 38.5 Å². The molecular formula is C21H23N3O5. The number of alkyl carbamates (subject to hydrolysis) is 1. The molecular weight excluding hydrogens is 374 g/mol. The van der Waals surface area contributed by atoms with E-state index in [2.05, 4.69) is 15.5 Å². The topological polar surface area (TPSA) is 94.7 Å². The van der Waals surface area contributed by atoms with E-state index in [4.69, 9.17) is 18.9 Å². The number of fused-ring (bicyclic) bond motifs is 4. The van der Waals surface area contributed by atoms with Gasteiger partial charge in [0.05, 0.1) is 18.7 Å². The molecule has 8 heteroatoms. The van der Waals surface area contributed by atoms with E-state index in [9.17, 15) is 4.79 Å². The molecule has 2 N–H and O–H groups in total. The molecule has 4 rings (SSSR count). The predicted molar refractivity (Wildman–Crippen MR) is 107 cm³/mol. The van der Waals surface area contributed by atoms with Crippen molar-refractivity contribution in [3.63, 3.8) is 0 Å². The van der Waals surface area contributed by atoms with Crippen LogP contribution in [-0.2, 0) is 16.1 Å². The van der Waals surface area contributed by atoms with E-state index in [1.165, 1.54) is 0 Å². The second-order valence-corrected chi connectivity index (χ2v) is 6.69. The first-order chi connectivity index (χ1) is 14.2. The molecule has 0 saturated heterocycles. The third-order valence-corrected chi connectivity index (χ3v) is 4.56. The highest BCUT2D eigenvalue weighted by molar-refractivity contribution is 5.94. The minimum Gasteiger partial charge on any atom is -0.494 e. The molecule has 3 aromatic rings. The Morgan fingerprint density at radius 3 is 2.97 bits per heavy atom. The summed E-state index contributed by atoms with van der Waals surface area (Å²) in [7, 11) is 1.62. The Kier molecular flexibility index (Phi) is 5.81. The lowest BCUT2D eigenvalue weighted by Crippen LogP contribution is -2.26. The summed E-state index contributed by atoms with van der Waals surface area (Å²) in [5.74, 6) is 1.41. The summed E-state index contributed by atoms with van der Waals surface area (Å²) in [5.41, 5.74) is 3.36. The first-order valence-corrected chi connectivity index (χ1v) is 9.50. The molecule has 1 aliphatic rings. The number of benzene rings is 2. The first-order valence-electron chi connectivity index (χ1n) is 9.50. The zero-order valence-electron chi connectivity index (χ0n) is 16.2. The number of carbonyl (C=O) groups excluding carboxylic acids is 1. The van der Waals surface area contributed by atoms with Gasteiger partial charge in [-0.1, -0.05) is 0 Å². The Labute approximate surface area is 168 Å². The molecule has 1 amide bonds. The normalized spacial score (nSPS) is 14.4. The van der Waals surface area contributed by atoms with Crippen LogP contribution in [0.1, 0.15) is 12.0 Å². The maximum Gasteiger partial charge on any atom is 0.407 e. The van der Waals surface area contributed by atoms with Crippen LogP contribution in [0.3, 0.4) is 0 Å². The van der Waals surface area contributed by atoms with Crippen LogP contribution in [0, 0.1) is 0 Å². The summed E-state index contributed by atoms with van der Waals surface area (Å²) in [6.45, 7) is 1.99. The molecule has 0 spiro atoms. The number of carbonyl (C=O) groups is 1. The lowest BCUT2D eigenvalue weighted by molar-refractivity contribution is 0.138. The van der Waals surface area contributed by atoms with Crippen molar-refractivity contribution in [1.82, 2.24) is 15.5 Å². The number of hydrogen-bond donors (Lipinski definition) is 2. The average Bonchev–Trinajstić information content (AvgIpc) is 3.15. The van der Waals surface area contributed by atoms with Crippen molar-refractivity contribution in [2.75, 3.05) is 33.5 Å². The third kappa shape index (κ3) is 4.60. The Balaban J connectivity index is 1.75. The van der Waals surface area contributed by atoms with Crippen molar-refractivity contribution in [3.05, 3.63) is 42.0 Å². The molecule has 2 aromatic carbocycles. The van der Waals surface area contributed by atoms with Gasteiger partial charge in [-0.25, -0.2) is 4.79 Å². The molecule has 0 aliphatic carbocycles. The van der Waals surface area contributed by atoms with Gasteiger partial charge in [-0.05, 0) is 48.4 Å². The Hall–Kier alpha value is -3.26. The number of cyclic esters (lactones) is 1. The highest BCUT2D eigenvalue weighted by atomic mass is 16.5. The zero-order chi connectivity index (χ0) is 20.1. The van der Waals surface area contributed by atoms with Crippen LogP contribution in [0.4, 0.5) is 4.79 Å². The van der Waals surface area contributed by atoms with Crippen LogP contribution in [0.2, 0.25) is 0 Å². The van der Waals surface area contributed by atoms with Crippen LogP contribution in [0.5, 0.6) is 11.5 Å². The molecule has 8 nitrogen and oxygen atoms in total. The smallest absolute Gasteiger partial charge is 0.407 e. The highest BCUT2D eigenvalue weighted by Crippen LogP contribution is 2.32. The number of aromatic nitrogens is 2. The minimum atomic E-state index is -0.463. The number of methoxy groups -OCH3 is 1. The molecule has 0 atom stereocenters. The number of H-pyrrole nitrogens is 1. The molecule has 29 heavy (non-hydrogen) atoms. The number of nitrogens with one attached hydrogen (secondary N) is 2. The molecule has 2 heterocycles. The summed E-state index contributed by atoms with van der Waals surface area (Å²) in [6.07, 6.45) is 0.214. The largest absolute Gasteiger partial charge is 0.494 e. The van der Waals surface area contributed by atoms with Gasteiger partial charge in [0.1, 0.15) is 30.4 Å². The van der Waals surface area contributed by atoms with Crippen LogP contribution in [0.15, 0.2) is 36.4 Å². The van der Waals surface area contributed by atoms with Crippen LogP contribution in [0.25, 0.3) is 22.2 Å². The van der Waals surface area contributed by atoms with Gasteiger partial charge in [-0.2, -0.15) is 5.10 Å². The zero-order valence-corrected chi connectivity index (χ0v) is 16.2. The fraction of sp³-hybridized carbons (Fsp3) is 0.333. The predicted octanol–water partition coefficient (Wildman–Crippen LogP) is 3.26. The monoisotopic (exact) mass is 397 g/mol. The summed E-state index contributed by atoms with van der Waals surface area (Å²) in [6, 6.07) is 11.5. The molecule has 4 bridgehead atoms. The maximum atomic E-state index is 11.9. The fourth-order valence-electron chi connectivity index (χ4n) is 3.16. The van der Waals surface area contributed by atoms with E-state index < -0.39 is 6.09 Å². The Morgan fingerprint density at radius 1 is 1.14 bits per heavy atom. The molecule has 1 aromatic heterocycles. The first kappa shape index (κ1) is 19.1. The summed E-state index contributed by atoms with van der Waals surface area (Å²) in [5, 5.41) is 11.2. The Bertz CT molecular complexity index is 1000. The fourth-order valence-corrected chi connectivity index (χ4v) is 3.16. The number of amides is 1. The van der Waals surface area contributed by atoms with Gasteiger partial charge < -0.3 is 24.3 Å². The van der Waals surface area contributed by atoms with Gasteiger partial charge in [0, 0.05) is 24.6 Å². The number of ether oxygens (including phenoxy) is 4. The number of rotatable bonds is 4. The van der Waals surface area contributed by atoms with Gasteiger partial charge in [-0.15, -0.1) is 0 Å². The third-order valence-electron chi connectivity index (χ3n) is 4.56. The van der Waals surface area contributed by atoms with Gasteiger partial charge in [0.25, 0.3) is 0 Å². The molecule has 152 valence electrons. The van der Waals surface area contributed by atoms with Crippen molar-refractivity contribution >= 4 is 17.0 Å². The SMILES string of the molecule is COCCOc1cc2cc(c1)-c1n[nH]c3ccc(cc13)OCCCNC(=O)OC2. The second-order valence-electron chi connectivity index (χ2n) is 6.69. The maximum absolute atomic E-state index is 11.9. The van der Waals surface area contributed by atoms with Gasteiger partial charge >= 0.3 is 6.09 Å². The summed E-state index contributed by atoms with van der Waals surface area (Å²) in [4.78, 5) is 11.9. The van der Waals surface area contributed by atoms with E-state index >= 15 is 0 Å². The molecule has 1 aliphatic heterocycles. The van der Waals surface area contributed by atoms with Gasteiger partial charge in [0.15, 0.2) is 0 Å². The quantitative estimate of drug-likeness (QED) is 0.656. The van der Waals surface area contributed by atoms with Crippen LogP contribution in [-0.4, -0.2) is 49.8 Å². The van der Waals surface area contributed by atoms with Crippen LogP contribution < -0.4 is 14.8 Å². The highest BCUT2D eigenvalue weighted by Gasteiger charge is 2.14. The Morgan fingerprint density at radius 2 is 2.07 bits per heavy atom. The molecule has 0 radical (unpaired) electrons.